The van der Waals surface area contributed by atoms with Crippen LogP contribution in [0.3, 0.4) is 0 Å². The van der Waals surface area contributed by atoms with E-state index in [1.165, 1.54) is 10.9 Å². The number of aliphatic hydroxyl groups excluding tert-OH is 1. The first kappa shape index (κ1) is 17.2. The lowest BCUT2D eigenvalue weighted by Gasteiger charge is -2.34. The lowest BCUT2D eigenvalue weighted by molar-refractivity contribution is -0.0746. The van der Waals surface area contributed by atoms with Gasteiger partial charge in [0.05, 0.1) is 29.0 Å². The van der Waals surface area contributed by atoms with Gasteiger partial charge in [0.15, 0.2) is 5.69 Å². The monoisotopic (exact) mass is 370 g/mol. The summed E-state index contributed by atoms with van der Waals surface area (Å²) in [6, 6.07) is 5.04. The molecule has 0 aliphatic carbocycles. The van der Waals surface area contributed by atoms with Crippen molar-refractivity contribution in [2.75, 3.05) is 19.7 Å². The van der Waals surface area contributed by atoms with Crippen LogP contribution >= 0.6 is 23.2 Å². The third-order valence-corrected chi connectivity index (χ3v) is 4.45. The number of carbonyl (C=O) groups excluding carboxylic acids is 1. The molecule has 0 saturated carbocycles. The number of hydrogen-bond donors (Lipinski definition) is 1. The average molecular weight is 371 g/mol. The van der Waals surface area contributed by atoms with E-state index in [2.05, 4.69) is 10.3 Å². The van der Waals surface area contributed by atoms with Crippen LogP contribution < -0.4 is 0 Å². The zero-order chi connectivity index (χ0) is 17.3. The Kier molecular flexibility index (Phi) is 5.05. The molecular formula is C15H16Cl2N4O3. The number of nitrogens with zero attached hydrogens (tertiary/aromatic N) is 4. The predicted molar refractivity (Wildman–Crippen MR) is 88.7 cm³/mol. The van der Waals surface area contributed by atoms with Crippen molar-refractivity contribution < 1.29 is 14.6 Å². The molecule has 2 atom stereocenters. The molecule has 24 heavy (non-hydrogen) atoms. The highest BCUT2D eigenvalue weighted by Crippen LogP contribution is 2.29. The van der Waals surface area contributed by atoms with Gasteiger partial charge in [0.25, 0.3) is 5.91 Å². The van der Waals surface area contributed by atoms with E-state index in [9.17, 15) is 9.90 Å². The summed E-state index contributed by atoms with van der Waals surface area (Å²) in [6.07, 6.45) is 0.284. The average Bonchev–Trinajstić information content (AvgIpc) is 3.03. The van der Waals surface area contributed by atoms with Crippen molar-refractivity contribution in [3.8, 4) is 5.69 Å². The number of rotatable bonds is 3. The summed E-state index contributed by atoms with van der Waals surface area (Å²) >= 11 is 12.4. The molecule has 3 rings (SSSR count). The Morgan fingerprint density at radius 1 is 1.42 bits per heavy atom. The summed E-state index contributed by atoms with van der Waals surface area (Å²) in [5, 5.41) is 18.2. The van der Waals surface area contributed by atoms with Gasteiger partial charge in [0.1, 0.15) is 11.8 Å². The molecule has 9 heteroatoms. The molecule has 2 heterocycles. The maximum Gasteiger partial charge on any atom is 0.274 e. The molecule has 0 spiro atoms. The molecule has 1 fully saturated rings. The number of carbonyl (C=O) groups is 1. The lowest BCUT2D eigenvalue weighted by atomic mass is 10.2. The number of morpholine rings is 1. The molecule has 2 aromatic rings. The fourth-order valence-corrected chi connectivity index (χ4v) is 3.11. The highest BCUT2D eigenvalue weighted by atomic mass is 35.5. The molecule has 1 aromatic carbocycles. The number of para-hydroxylation sites is 1. The summed E-state index contributed by atoms with van der Waals surface area (Å²) < 4.78 is 6.80. The number of ether oxygens (including phenoxy) is 1. The summed E-state index contributed by atoms with van der Waals surface area (Å²) in [5.74, 6) is -0.273. The third-order valence-electron chi connectivity index (χ3n) is 3.84. The molecule has 0 bridgehead atoms. The van der Waals surface area contributed by atoms with Crippen molar-refractivity contribution in [2.24, 2.45) is 0 Å². The van der Waals surface area contributed by atoms with E-state index >= 15 is 0 Å². The molecule has 2 unspecified atom stereocenters. The fraction of sp³-hybridized carbons (Fsp3) is 0.400. The smallest absolute Gasteiger partial charge is 0.274 e. The minimum absolute atomic E-state index is 0.247. The number of halogens is 2. The second-order valence-electron chi connectivity index (χ2n) is 5.50. The van der Waals surface area contributed by atoms with Crippen LogP contribution in [-0.4, -0.2) is 62.8 Å². The van der Waals surface area contributed by atoms with Crippen molar-refractivity contribution in [1.29, 1.82) is 0 Å². The van der Waals surface area contributed by atoms with Crippen molar-refractivity contribution in [1.82, 2.24) is 19.9 Å². The molecular weight excluding hydrogens is 355 g/mol. The van der Waals surface area contributed by atoms with Gasteiger partial charge in [0, 0.05) is 13.1 Å². The topological polar surface area (TPSA) is 80.5 Å². The molecule has 0 radical (unpaired) electrons. The van der Waals surface area contributed by atoms with E-state index in [1.807, 2.05) is 0 Å². The Balaban J connectivity index is 1.91. The molecule has 128 valence electrons. The SMILES string of the molecule is CC(O)C1CN(C(=O)c2cnnn2-c2c(Cl)cccc2Cl)CCO1. The summed E-state index contributed by atoms with van der Waals surface area (Å²) in [4.78, 5) is 14.4. The van der Waals surface area contributed by atoms with Gasteiger partial charge in [-0.05, 0) is 19.1 Å². The van der Waals surface area contributed by atoms with Crippen molar-refractivity contribution in [3.63, 3.8) is 0 Å². The van der Waals surface area contributed by atoms with Gasteiger partial charge in [0.2, 0.25) is 0 Å². The van der Waals surface area contributed by atoms with Gasteiger partial charge in [-0.3, -0.25) is 4.79 Å². The van der Waals surface area contributed by atoms with Crippen LogP contribution in [-0.2, 0) is 4.74 Å². The highest BCUT2D eigenvalue weighted by Gasteiger charge is 2.30. The molecule has 1 N–H and O–H groups in total. The maximum absolute atomic E-state index is 12.8. The first-order chi connectivity index (χ1) is 11.5. The van der Waals surface area contributed by atoms with Gasteiger partial charge in [-0.1, -0.05) is 34.5 Å². The first-order valence-corrected chi connectivity index (χ1v) is 8.18. The first-order valence-electron chi connectivity index (χ1n) is 7.43. The quantitative estimate of drug-likeness (QED) is 0.890. The Bertz CT molecular complexity index is 730. The molecule has 7 nitrogen and oxygen atoms in total. The van der Waals surface area contributed by atoms with Gasteiger partial charge in [-0.15, -0.1) is 5.10 Å². The summed E-state index contributed by atoms with van der Waals surface area (Å²) in [7, 11) is 0. The van der Waals surface area contributed by atoms with Gasteiger partial charge >= 0.3 is 0 Å². The van der Waals surface area contributed by atoms with E-state index in [1.54, 1.807) is 30.0 Å². The molecule has 1 aliphatic heterocycles. The summed E-state index contributed by atoms with van der Waals surface area (Å²) in [6.45, 7) is 2.70. The number of amides is 1. The van der Waals surface area contributed by atoms with E-state index in [4.69, 9.17) is 27.9 Å². The Hall–Kier alpha value is -1.67. The van der Waals surface area contributed by atoms with Gasteiger partial charge in [-0.2, -0.15) is 0 Å². The Morgan fingerprint density at radius 2 is 2.12 bits per heavy atom. The van der Waals surface area contributed by atoms with Gasteiger partial charge in [-0.25, -0.2) is 4.68 Å². The van der Waals surface area contributed by atoms with Crippen LogP contribution in [0.5, 0.6) is 0 Å². The minimum atomic E-state index is -0.665. The van der Waals surface area contributed by atoms with Crippen LogP contribution in [0.1, 0.15) is 17.4 Å². The maximum atomic E-state index is 12.8. The van der Waals surface area contributed by atoms with Crippen LogP contribution in [0.4, 0.5) is 0 Å². The van der Waals surface area contributed by atoms with E-state index in [0.29, 0.717) is 28.9 Å². The van der Waals surface area contributed by atoms with Crippen LogP contribution in [0.25, 0.3) is 5.69 Å². The van der Waals surface area contributed by atoms with Crippen LogP contribution in [0.2, 0.25) is 10.0 Å². The van der Waals surface area contributed by atoms with Crippen molar-refractivity contribution >= 4 is 29.1 Å². The number of aromatic nitrogens is 3. The zero-order valence-corrected chi connectivity index (χ0v) is 14.4. The molecule has 1 amide bonds. The second kappa shape index (κ2) is 7.06. The lowest BCUT2D eigenvalue weighted by Crippen LogP contribution is -2.49. The van der Waals surface area contributed by atoms with E-state index in [-0.39, 0.29) is 18.1 Å². The second-order valence-corrected chi connectivity index (χ2v) is 6.32. The normalized spacial score (nSPS) is 19.3. The van der Waals surface area contributed by atoms with E-state index < -0.39 is 12.2 Å². The van der Waals surface area contributed by atoms with E-state index in [0.717, 1.165) is 0 Å². The highest BCUT2D eigenvalue weighted by molar-refractivity contribution is 6.37. The van der Waals surface area contributed by atoms with Gasteiger partial charge < -0.3 is 14.7 Å². The number of aliphatic hydroxyl groups is 1. The van der Waals surface area contributed by atoms with Crippen LogP contribution in [0.15, 0.2) is 24.4 Å². The van der Waals surface area contributed by atoms with Crippen molar-refractivity contribution in [3.05, 3.63) is 40.1 Å². The minimum Gasteiger partial charge on any atom is -0.391 e. The van der Waals surface area contributed by atoms with Crippen LogP contribution in [0, 0.1) is 0 Å². The number of benzene rings is 1. The molecule has 1 saturated heterocycles. The fourth-order valence-electron chi connectivity index (χ4n) is 2.55. The largest absolute Gasteiger partial charge is 0.391 e. The Labute approximate surface area is 148 Å². The summed E-state index contributed by atoms with van der Waals surface area (Å²) in [5.41, 5.74) is 0.651. The molecule has 1 aliphatic rings. The Morgan fingerprint density at radius 3 is 2.79 bits per heavy atom. The number of hydrogen-bond acceptors (Lipinski definition) is 5. The standard InChI is InChI=1S/C15H16Cl2N4O3/c1-9(22)13-8-20(5-6-24-13)15(23)12-7-18-19-21(12)14-10(16)3-2-4-11(14)17/h2-4,7,9,13,22H,5-6,8H2,1H3. The predicted octanol–water partition coefficient (Wildman–Crippen LogP) is 1.80. The third kappa shape index (κ3) is 3.25. The molecule has 1 aromatic heterocycles. The van der Waals surface area contributed by atoms with Crippen molar-refractivity contribution in [2.45, 2.75) is 19.1 Å². The zero-order valence-electron chi connectivity index (χ0n) is 12.9.